The van der Waals surface area contributed by atoms with Crippen LogP contribution in [0.25, 0.3) is 0 Å². The fraction of sp³-hybridized carbons (Fsp3) is 0.625. The van der Waals surface area contributed by atoms with E-state index in [1.807, 2.05) is 6.08 Å². The number of rotatable bonds is 2. The molecule has 1 aliphatic carbocycles. The molecule has 1 saturated carbocycles. The summed E-state index contributed by atoms with van der Waals surface area (Å²) in [5, 5.41) is 10.0. The molecule has 2 aliphatic rings. The maximum absolute atomic E-state index is 10.6. The van der Waals surface area contributed by atoms with Crippen LogP contribution >= 0.6 is 0 Å². The van der Waals surface area contributed by atoms with Gasteiger partial charge in [-0.05, 0) is 18.4 Å². The molecule has 1 unspecified atom stereocenters. The Bertz CT molecular complexity index is 223. The van der Waals surface area contributed by atoms with Gasteiger partial charge in [0, 0.05) is 6.20 Å². The number of carboxylic acid groups (broad SMARTS) is 1. The van der Waals surface area contributed by atoms with Crippen LogP contribution in [0.3, 0.4) is 0 Å². The lowest BCUT2D eigenvalue weighted by Crippen LogP contribution is -2.41. The third-order valence-corrected chi connectivity index (χ3v) is 2.34. The van der Waals surface area contributed by atoms with Crippen molar-refractivity contribution in [1.29, 1.82) is 0 Å². The minimum atomic E-state index is -0.898. The Morgan fingerprint density at radius 3 is 3.00 bits per heavy atom. The van der Waals surface area contributed by atoms with E-state index in [1.54, 1.807) is 6.20 Å². The predicted octanol–water partition coefficient (Wildman–Crippen LogP) is 1.17. The summed E-state index contributed by atoms with van der Waals surface area (Å²) in [5.74, 6) is 0.751. The zero-order valence-corrected chi connectivity index (χ0v) is 6.73. The van der Waals surface area contributed by atoms with Gasteiger partial charge in [-0.1, -0.05) is 12.8 Å². The molecule has 1 fully saturated rings. The lowest BCUT2D eigenvalue weighted by Gasteiger charge is -2.20. The van der Waals surface area contributed by atoms with E-state index in [0.29, 0.717) is 0 Å². The molecule has 0 saturated heterocycles. The van der Waals surface area contributed by atoms with Gasteiger partial charge >= 0.3 is 6.09 Å². The molecule has 66 valence electrons. The van der Waals surface area contributed by atoms with Crippen molar-refractivity contribution >= 4 is 6.09 Å². The normalized spacial score (nSPS) is 27.3. The molecule has 12 heavy (non-hydrogen) atoms. The van der Waals surface area contributed by atoms with Crippen molar-refractivity contribution < 1.29 is 9.90 Å². The summed E-state index contributed by atoms with van der Waals surface area (Å²) in [6.45, 7) is 0. The summed E-state index contributed by atoms with van der Waals surface area (Å²) in [4.78, 5) is 10.6. The summed E-state index contributed by atoms with van der Waals surface area (Å²) in [5.41, 5.74) is 2.69. The van der Waals surface area contributed by atoms with Gasteiger partial charge in [0.05, 0.1) is 6.04 Å². The summed E-state index contributed by atoms with van der Waals surface area (Å²) in [6.07, 6.45) is 6.20. The number of hydrogen-bond donors (Lipinski definition) is 2. The highest BCUT2D eigenvalue weighted by Gasteiger charge is 2.31. The van der Waals surface area contributed by atoms with Crippen LogP contribution in [0, 0.1) is 5.92 Å². The largest absolute Gasteiger partial charge is 0.464 e. The molecular weight excluding hydrogens is 156 g/mol. The second-order valence-corrected chi connectivity index (χ2v) is 3.39. The molecule has 0 aromatic carbocycles. The van der Waals surface area contributed by atoms with E-state index in [9.17, 15) is 4.79 Å². The summed E-state index contributed by atoms with van der Waals surface area (Å²) in [7, 11) is 0. The van der Waals surface area contributed by atoms with Crippen molar-refractivity contribution in [2.24, 2.45) is 5.92 Å². The molecule has 0 aromatic rings. The summed E-state index contributed by atoms with van der Waals surface area (Å²) >= 11 is 0. The SMILES string of the molecule is O=C(O)N1NC=CC1CC1CC1. The fourth-order valence-corrected chi connectivity index (χ4v) is 1.49. The Balaban J connectivity index is 1.92. The van der Waals surface area contributed by atoms with Crippen molar-refractivity contribution in [1.82, 2.24) is 10.4 Å². The van der Waals surface area contributed by atoms with Crippen molar-refractivity contribution in [3.05, 3.63) is 12.3 Å². The third kappa shape index (κ3) is 1.37. The van der Waals surface area contributed by atoms with Gasteiger partial charge in [-0.15, -0.1) is 0 Å². The molecule has 1 aliphatic heterocycles. The molecule has 0 aromatic heterocycles. The number of hydrogen-bond acceptors (Lipinski definition) is 2. The van der Waals surface area contributed by atoms with Crippen molar-refractivity contribution in [3.63, 3.8) is 0 Å². The van der Waals surface area contributed by atoms with E-state index in [-0.39, 0.29) is 6.04 Å². The first-order valence-corrected chi connectivity index (χ1v) is 4.22. The molecule has 1 heterocycles. The van der Waals surface area contributed by atoms with Crippen molar-refractivity contribution in [2.45, 2.75) is 25.3 Å². The maximum atomic E-state index is 10.6. The average Bonchev–Trinajstić information content (AvgIpc) is 2.66. The number of nitrogens with zero attached hydrogens (tertiary/aromatic N) is 1. The van der Waals surface area contributed by atoms with E-state index in [2.05, 4.69) is 5.43 Å². The highest BCUT2D eigenvalue weighted by molar-refractivity contribution is 5.65. The minimum absolute atomic E-state index is 0.0509. The molecule has 2 N–H and O–H groups in total. The van der Waals surface area contributed by atoms with Crippen LogP contribution in [0.2, 0.25) is 0 Å². The van der Waals surface area contributed by atoms with E-state index in [0.717, 1.165) is 12.3 Å². The van der Waals surface area contributed by atoms with Gasteiger partial charge in [0.25, 0.3) is 0 Å². The Morgan fingerprint density at radius 1 is 1.67 bits per heavy atom. The second kappa shape index (κ2) is 2.69. The summed E-state index contributed by atoms with van der Waals surface area (Å²) < 4.78 is 0. The van der Waals surface area contributed by atoms with Crippen LogP contribution in [0.1, 0.15) is 19.3 Å². The van der Waals surface area contributed by atoms with Gasteiger partial charge in [0.1, 0.15) is 0 Å². The van der Waals surface area contributed by atoms with E-state index in [4.69, 9.17) is 5.11 Å². The van der Waals surface area contributed by atoms with Gasteiger partial charge in [0.2, 0.25) is 0 Å². The maximum Gasteiger partial charge on any atom is 0.426 e. The third-order valence-electron chi connectivity index (χ3n) is 2.34. The lowest BCUT2D eigenvalue weighted by molar-refractivity contribution is 0.120. The molecule has 0 spiro atoms. The Labute approximate surface area is 70.8 Å². The molecular formula is C8H12N2O2. The summed E-state index contributed by atoms with van der Waals surface area (Å²) in [6, 6.07) is 0.0509. The Kier molecular flexibility index (Phi) is 1.67. The van der Waals surface area contributed by atoms with Crippen molar-refractivity contribution in [2.75, 3.05) is 0 Å². The van der Waals surface area contributed by atoms with Crippen LogP contribution in [0.5, 0.6) is 0 Å². The molecule has 0 bridgehead atoms. The number of amides is 1. The number of carbonyl (C=O) groups is 1. The van der Waals surface area contributed by atoms with Crippen LogP contribution in [-0.4, -0.2) is 22.3 Å². The van der Waals surface area contributed by atoms with Crippen LogP contribution < -0.4 is 5.43 Å². The lowest BCUT2D eigenvalue weighted by atomic mass is 10.1. The first-order valence-electron chi connectivity index (χ1n) is 4.22. The second-order valence-electron chi connectivity index (χ2n) is 3.39. The average molecular weight is 168 g/mol. The monoisotopic (exact) mass is 168 g/mol. The first kappa shape index (κ1) is 7.46. The highest BCUT2D eigenvalue weighted by Crippen LogP contribution is 2.35. The standard InChI is InChI=1S/C8H12N2O2/c11-8(12)10-7(3-4-9-10)5-6-1-2-6/h3-4,6-7,9H,1-2,5H2,(H,11,12). The van der Waals surface area contributed by atoms with Gasteiger partial charge in [-0.2, -0.15) is 0 Å². The molecule has 1 atom stereocenters. The fourth-order valence-electron chi connectivity index (χ4n) is 1.49. The van der Waals surface area contributed by atoms with Crippen LogP contribution in [-0.2, 0) is 0 Å². The van der Waals surface area contributed by atoms with E-state index in [1.165, 1.54) is 17.9 Å². The topological polar surface area (TPSA) is 52.6 Å². The smallest absolute Gasteiger partial charge is 0.426 e. The minimum Gasteiger partial charge on any atom is -0.464 e. The van der Waals surface area contributed by atoms with Gasteiger partial charge in [-0.25, -0.2) is 9.80 Å². The van der Waals surface area contributed by atoms with Gasteiger partial charge in [-0.3, -0.25) is 0 Å². The Morgan fingerprint density at radius 2 is 2.42 bits per heavy atom. The van der Waals surface area contributed by atoms with E-state index >= 15 is 0 Å². The number of nitrogens with one attached hydrogen (secondary N) is 1. The Hall–Kier alpha value is -1.19. The van der Waals surface area contributed by atoms with E-state index < -0.39 is 6.09 Å². The van der Waals surface area contributed by atoms with Gasteiger partial charge < -0.3 is 10.5 Å². The van der Waals surface area contributed by atoms with Crippen molar-refractivity contribution in [3.8, 4) is 0 Å². The molecule has 0 radical (unpaired) electrons. The quantitative estimate of drug-likeness (QED) is 0.650. The molecule has 1 amide bonds. The molecule has 4 nitrogen and oxygen atoms in total. The molecule has 2 rings (SSSR count). The highest BCUT2D eigenvalue weighted by atomic mass is 16.4. The first-order chi connectivity index (χ1) is 5.77. The number of hydrazine groups is 1. The molecule has 4 heteroatoms. The van der Waals surface area contributed by atoms with Crippen LogP contribution in [0.4, 0.5) is 4.79 Å². The zero-order chi connectivity index (χ0) is 8.55. The predicted molar refractivity (Wildman–Crippen MR) is 43.3 cm³/mol. The van der Waals surface area contributed by atoms with Crippen LogP contribution in [0.15, 0.2) is 12.3 Å². The zero-order valence-electron chi connectivity index (χ0n) is 6.73. The van der Waals surface area contributed by atoms with Gasteiger partial charge in [0.15, 0.2) is 0 Å².